The molecule has 1 heterocycles. The number of hydrogen-bond acceptors (Lipinski definition) is 4. The van der Waals surface area contributed by atoms with E-state index in [1.165, 1.54) is 6.39 Å². The fourth-order valence-electron chi connectivity index (χ4n) is 1.44. The lowest BCUT2D eigenvalue weighted by Crippen LogP contribution is -2.08. The predicted octanol–water partition coefficient (Wildman–Crippen LogP) is 1.92. The first-order valence-electron chi connectivity index (χ1n) is 5.36. The van der Waals surface area contributed by atoms with Gasteiger partial charge in [-0.15, -0.1) is 0 Å². The van der Waals surface area contributed by atoms with Crippen molar-refractivity contribution < 1.29 is 19.1 Å². The number of oxazole rings is 1. The molecule has 0 aliphatic carbocycles. The molecule has 2 rings (SSSR count). The van der Waals surface area contributed by atoms with E-state index in [1.54, 1.807) is 24.4 Å². The second-order valence-corrected chi connectivity index (χ2v) is 3.61. The van der Waals surface area contributed by atoms with Gasteiger partial charge in [0.2, 0.25) is 5.91 Å². The van der Waals surface area contributed by atoms with E-state index in [0.717, 1.165) is 17.7 Å². The number of carboxylic acid groups (broad SMARTS) is 1. The maximum atomic E-state index is 11.4. The van der Waals surface area contributed by atoms with Gasteiger partial charge in [-0.3, -0.25) is 4.79 Å². The van der Waals surface area contributed by atoms with Crippen LogP contribution < -0.4 is 5.32 Å². The van der Waals surface area contributed by atoms with E-state index in [4.69, 9.17) is 9.52 Å². The largest absolute Gasteiger partial charge is 0.478 e. The van der Waals surface area contributed by atoms with Crippen molar-refractivity contribution in [2.75, 3.05) is 5.32 Å². The van der Waals surface area contributed by atoms with Gasteiger partial charge in [-0.2, -0.15) is 0 Å². The molecule has 6 nitrogen and oxygen atoms in total. The first-order valence-corrected chi connectivity index (χ1v) is 5.36. The molecular weight excluding hydrogens is 248 g/mol. The van der Waals surface area contributed by atoms with Gasteiger partial charge in [0.05, 0.1) is 6.20 Å². The molecule has 0 saturated carbocycles. The van der Waals surface area contributed by atoms with Crippen LogP contribution in [0.4, 0.5) is 5.69 Å². The third-order valence-corrected chi connectivity index (χ3v) is 2.22. The van der Waals surface area contributed by atoms with Gasteiger partial charge in [-0.25, -0.2) is 9.78 Å². The van der Waals surface area contributed by atoms with Crippen LogP contribution >= 0.6 is 0 Å². The zero-order valence-corrected chi connectivity index (χ0v) is 9.74. The molecule has 0 aliphatic rings. The molecular formula is C13H10N2O4. The summed E-state index contributed by atoms with van der Waals surface area (Å²) in [6.45, 7) is 0. The standard InChI is InChI=1S/C13H10N2O4/c16-12(4-5-13(17)18)15-10-3-1-2-9(6-10)11-7-14-8-19-11/h1-8H,(H,15,16)(H,17,18)/b5-4+. The summed E-state index contributed by atoms with van der Waals surface area (Å²) in [5.41, 5.74) is 1.30. The Balaban J connectivity index is 2.12. The number of nitrogens with zero attached hydrogens (tertiary/aromatic N) is 1. The first-order chi connectivity index (χ1) is 9.15. The molecule has 1 aromatic carbocycles. The third kappa shape index (κ3) is 3.53. The number of carbonyl (C=O) groups excluding carboxylic acids is 1. The Morgan fingerprint density at radius 2 is 2.16 bits per heavy atom. The van der Waals surface area contributed by atoms with E-state index in [0.29, 0.717) is 11.4 Å². The summed E-state index contributed by atoms with van der Waals surface area (Å²) in [6.07, 6.45) is 4.60. The molecule has 96 valence electrons. The topological polar surface area (TPSA) is 92.4 Å². The Kier molecular flexibility index (Phi) is 3.72. The van der Waals surface area contributed by atoms with Crippen LogP contribution in [0, 0.1) is 0 Å². The quantitative estimate of drug-likeness (QED) is 0.817. The summed E-state index contributed by atoms with van der Waals surface area (Å²) in [7, 11) is 0. The Hall–Kier alpha value is -2.89. The van der Waals surface area contributed by atoms with Crippen LogP contribution in [0.2, 0.25) is 0 Å². The van der Waals surface area contributed by atoms with Gasteiger partial charge in [0.25, 0.3) is 0 Å². The van der Waals surface area contributed by atoms with E-state index in [-0.39, 0.29) is 0 Å². The van der Waals surface area contributed by atoms with Gasteiger partial charge in [0, 0.05) is 23.4 Å². The van der Waals surface area contributed by atoms with Crippen molar-refractivity contribution in [1.29, 1.82) is 0 Å². The van der Waals surface area contributed by atoms with Gasteiger partial charge >= 0.3 is 5.97 Å². The molecule has 2 N–H and O–H groups in total. The van der Waals surface area contributed by atoms with Gasteiger partial charge in [0.1, 0.15) is 0 Å². The smallest absolute Gasteiger partial charge is 0.328 e. The molecule has 2 aromatic rings. The van der Waals surface area contributed by atoms with E-state index in [9.17, 15) is 9.59 Å². The summed E-state index contributed by atoms with van der Waals surface area (Å²) < 4.78 is 5.14. The minimum atomic E-state index is -1.18. The minimum absolute atomic E-state index is 0.517. The van der Waals surface area contributed by atoms with Crippen LogP contribution in [-0.2, 0) is 9.59 Å². The lowest BCUT2D eigenvalue weighted by Gasteiger charge is -2.03. The number of benzene rings is 1. The number of hydrogen-bond donors (Lipinski definition) is 2. The highest BCUT2D eigenvalue weighted by Crippen LogP contribution is 2.21. The molecule has 0 spiro atoms. The van der Waals surface area contributed by atoms with Crippen LogP contribution in [0.1, 0.15) is 0 Å². The molecule has 0 saturated heterocycles. The zero-order chi connectivity index (χ0) is 13.7. The van der Waals surface area contributed by atoms with Gasteiger partial charge in [-0.1, -0.05) is 12.1 Å². The van der Waals surface area contributed by atoms with E-state index in [2.05, 4.69) is 10.3 Å². The fraction of sp³-hybridized carbons (Fsp3) is 0. The summed E-state index contributed by atoms with van der Waals surface area (Å²) >= 11 is 0. The van der Waals surface area contributed by atoms with E-state index >= 15 is 0 Å². The number of anilines is 1. The van der Waals surface area contributed by atoms with Gasteiger partial charge in [-0.05, 0) is 12.1 Å². The summed E-state index contributed by atoms with van der Waals surface area (Å²) in [5, 5.41) is 11.0. The number of carbonyl (C=O) groups is 2. The molecule has 6 heteroatoms. The van der Waals surface area contributed by atoms with Crippen molar-refractivity contribution in [2.45, 2.75) is 0 Å². The Morgan fingerprint density at radius 3 is 2.84 bits per heavy atom. The molecule has 0 aliphatic heterocycles. The molecule has 1 aromatic heterocycles. The number of aliphatic carboxylic acids is 1. The number of carboxylic acids is 1. The minimum Gasteiger partial charge on any atom is -0.478 e. The number of amides is 1. The summed E-state index contributed by atoms with van der Waals surface area (Å²) in [5.74, 6) is -1.11. The summed E-state index contributed by atoms with van der Waals surface area (Å²) in [4.78, 5) is 25.5. The van der Waals surface area contributed by atoms with E-state index in [1.807, 2.05) is 6.07 Å². The molecule has 0 radical (unpaired) electrons. The molecule has 0 fully saturated rings. The molecule has 1 amide bonds. The average molecular weight is 258 g/mol. The molecule has 0 unspecified atom stereocenters. The van der Waals surface area contributed by atoms with Crippen molar-refractivity contribution in [3.05, 3.63) is 49.0 Å². The Morgan fingerprint density at radius 1 is 1.32 bits per heavy atom. The molecule has 0 bridgehead atoms. The maximum absolute atomic E-state index is 11.4. The van der Waals surface area contributed by atoms with Crippen LogP contribution in [-0.4, -0.2) is 22.0 Å². The lowest BCUT2D eigenvalue weighted by molar-refractivity contribution is -0.131. The SMILES string of the molecule is O=C(O)/C=C/C(=O)Nc1cccc(-c2cnco2)c1. The first kappa shape index (κ1) is 12.6. The van der Waals surface area contributed by atoms with Crippen molar-refractivity contribution in [3.8, 4) is 11.3 Å². The van der Waals surface area contributed by atoms with Gasteiger partial charge < -0.3 is 14.8 Å². The van der Waals surface area contributed by atoms with Crippen molar-refractivity contribution in [1.82, 2.24) is 4.98 Å². The van der Waals surface area contributed by atoms with Crippen molar-refractivity contribution in [3.63, 3.8) is 0 Å². The van der Waals surface area contributed by atoms with Crippen molar-refractivity contribution >= 4 is 17.6 Å². The van der Waals surface area contributed by atoms with Crippen molar-refractivity contribution in [2.24, 2.45) is 0 Å². The number of nitrogens with one attached hydrogen (secondary N) is 1. The zero-order valence-electron chi connectivity index (χ0n) is 9.74. The second kappa shape index (κ2) is 5.63. The monoisotopic (exact) mass is 258 g/mol. The van der Waals surface area contributed by atoms with Crippen LogP contribution in [0.5, 0.6) is 0 Å². The van der Waals surface area contributed by atoms with Gasteiger partial charge in [0.15, 0.2) is 12.2 Å². The Bertz CT molecular complexity index is 617. The van der Waals surface area contributed by atoms with Crippen LogP contribution in [0.15, 0.2) is 53.4 Å². The number of rotatable bonds is 4. The molecule has 19 heavy (non-hydrogen) atoms. The summed E-state index contributed by atoms with van der Waals surface area (Å²) in [6, 6.07) is 6.94. The maximum Gasteiger partial charge on any atom is 0.328 e. The average Bonchev–Trinajstić information content (AvgIpc) is 2.90. The Labute approximate surface area is 108 Å². The van der Waals surface area contributed by atoms with Crippen LogP contribution in [0.25, 0.3) is 11.3 Å². The highest BCUT2D eigenvalue weighted by atomic mass is 16.4. The highest BCUT2D eigenvalue weighted by molar-refractivity contribution is 6.02. The molecule has 0 atom stereocenters. The third-order valence-electron chi connectivity index (χ3n) is 2.22. The number of aromatic nitrogens is 1. The fourth-order valence-corrected chi connectivity index (χ4v) is 1.44. The van der Waals surface area contributed by atoms with E-state index < -0.39 is 11.9 Å². The lowest BCUT2D eigenvalue weighted by atomic mass is 10.1. The highest BCUT2D eigenvalue weighted by Gasteiger charge is 2.04. The van der Waals surface area contributed by atoms with Crippen LogP contribution in [0.3, 0.4) is 0 Å². The predicted molar refractivity (Wildman–Crippen MR) is 67.3 cm³/mol. The second-order valence-electron chi connectivity index (χ2n) is 3.61. The normalized spacial score (nSPS) is 10.5.